The first-order valence-corrected chi connectivity index (χ1v) is 6.36. The number of aliphatic imine (C=N–C) groups is 2. The summed E-state index contributed by atoms with van der Waals surface area (Å²) >= 11 is 0. The quantitative estimate of drug-likeness (QED) is 0.522. The maximum Gasteiger partial charge on any atom is 0.165 e. The van der Waals surface area contributed by atoms with Crippen molar-refractivity contribution in [3.05, 3.63) is 42.0 Å². The van der Waals surface area contributed by atoms with Crippen LogP contribution < -0.4 is 0 Å². The zero-order valence-electron chi connectivity index (χ0n) is 12.3. The number of pyridine rings is 1. The predicted octanol–water partition coefficient (Wildman–Crippen LogP) is 2.88. The van der Waals surface area contributed by atoms with Crippen LogP contribution in [0.3, 0.4) is 0 Å². The normalized spacial score (nSPS) is 17.0. The van der Waals surface area contributed by atoms with Gasteiger partial charge < -0.3 is 5.11 Å². The zero-order valence-corrected chi connectivity index (χ0v) is 12.3. The molecule has 0 saturated carbocycles. The predicted molar refractivity (Wildman–Crippen MR) is 79.6 cm³/mol. The van der Waals surface area contributed by atoms with Crippen molar-refractivity contribution in [1.82, 2.24) is 4.98 Å². The first-order valence-electron chi connectivity index (χ1n) is 6.36. The van der Waals surface area contributed by atoms with E-state index in [1.807, 2.05) is 13.8 Å². The van der Waals surface area contributed by atoms with E-state index in [0.29, 0.717) is 0 Å². The van der Waals surface area contributed by atoms with Gasteiger partial charge in [0.25, 0.3) is 0 Å². The van der Waals surface area contributed by atoms with E-state index in [1.54, 1.807) is 6.92 Å². The number of aliphatic hydroxyl groups is 1. The Kier molecular flexibility index (Phi) is 5.27. The maximum atomic E-state index is 13.8. The van der Waals surface area contributed by atoms with E-state index in [-0.39, 0.29) is 17.6 Å². The van der Waals surface area contributed by atoms with Crippen LogP contribution >= 0.6 is 0 Å². The molecule has 5 heteroatoms. The Morgan fingerprint density at radius 1 is 1.60 bits per heavy atom. The molecule has 0 amide bonds. The van der Waals surface area contributed by atoms with Gasteiger partial charge in [-0.2, -0.15) is 0 Å². The highest BCUT2D eigenvalue weighted by Gasteiger charge is 2.34. The third-order valence-electron chi connectivity index (χ3n) is 2.94. The Morgan fingerprint density at radius 3 is 2.75 bits per heavy atom. The highest BCUT2D eigenvalue weighted by Crippen LogP contribution is 2.24. The summed E-state index contributed by atoms with van der Waals surface area (Å²) in [5, 5.41) is 10.6. The van der Waals surface area contributed by atoms with Crippen molar-refractivity contribution in [1.29, 1.82) is 0 Å². The molecule has 0 spiro atoms. The molecule has 1 N–H and O–H groups in total. The molecule has 0 fully saturated rings. The van der Waals surface area contributed by atoms with Gasteiger partial charge >= 0.3 is 0 Å². The summed E-state index contributed by atoms with van der Waals surface area (Å²) in [6.07, 6.45) is 2.92. The summed E-state index contributed by atoms with van der Waals surface area (Å²) in [6.45, 7) is 10.6. The minimum absolute atomic E-state index is 0.0988. The average Bonchev–Trinajstić information content (AvgIpc) is 2.38. The first-order chi connectivity index (χ1) is 9.30. The molecule has 0 aromatic carbocycles. The lowest BCUT2D eigenvalue weighted by Gasteiger charge is -2.23. The number of nitrogens with zero attached hydrogens (tertiary/aromatic N) is 3. The van der Waals surface area contributed by atoms with E-state index in [9.17, 15) is 9.50 Å². The zero-order chi connectivity index (χ0) is 15.3. The molecular formula is C15H20FN3O. The summed E-state index contributed by atoms with van der Waals surface area (Å²) in [7, 11) is 0. The van der Waals surface area contributed by atoms with Crippen LogP contribution in [0.1, 0.15) is 33.4 Å². The number of amidine groups is 1. The Hall–Kier alpha value is -1.88. The minimum atomic E-state index is -1.71. The molecule has 1 aromatic heterocycles. The summed E-state index contributed by atoms with van der Waals surface area (Å²) in [5.74, 6) is -0.493. The first kappa shape index (κ1) is 16.2. The maximum absolute atomic E-state index is 13.8. The van der Waals surface area contributed by atoms with Gasteiger partial charge in [0.2, 0.25) is 0 Å². The summed E-state index contributed by atoms with van der Waals surface area (Å²) in [4.78, 5) is 12.3. The van der Waals surface area contributed by atoms with Crippen molar-refractivity contribution < 1.29 is 9.50 Å². The Labute approximate surface area is 118 Å². The number of hydrogen-bond donors (Lipinski definition) is 1. The molecule has 0 radical (unpaired) electrons. The van der Waals surface area contributed by atoms with Crippen molar-refractivity contribution in [2.75, 3.05) is 0 Å². The van der Waals surface area contributed by atoms with Crippen molar-refractivity contribution in [3.8, 4) is 0 Å². The van der Waals surface area contributed by atoms with Crippen molar-refractivity contribution in [2.24, 2.45) is 9.98 Å². The molecule has 1 rings (SSSR count). The van der Waals surface area contributed by atoms with Crippen molar-refractivity contribution >= 4 is 12.1 Å². The van der Waals surface area contributed by atoms with Gasteiger partial charge in [-0.15, -0.1) is 0 Å². The minimum Gasteiger partial charge on any atom is -0.376 e. The molecule has 0 aliphatic heterocycles. The summed E-state index contributed by atoms with van der Waals surface area (Å²) in [5.41, 5.74) is -0.981. The largest absolute Gasteiger partial charge is 0.376 e. The third-order valence-corrected chi connectivity index (χ3v) is 2.94. The second kappa shape index (κ2) is 6.52. The lowest BCUT2D eigenvalue weighted by atomic mass is 9.99. The SMILES string of the molecule is C=C(C)C(C)N=C(N=CC)C(C)(O)c1ncccc1F. The molecule has 0 bridgehead atoms. The van der Waals surface area contributed by atoms with Crippen molar-refractivity contribution in [3.63, 3.8) is 0 Å². The van der Waals surface area contributed by atoms with E-state index < -0.39 is 11.4 Å². The molecule has 2 atom stereocenters. The average molecular weight is 277 g/mol. The molecule has 108 valence electrons. The third kappa shape index (κ3) is 3.57. The number of aromatic nitrogens is 1. The van der Waals surface area contributed by atoms with Crippen LogP contribution in [0.25, 0.3) is 0 Å². The molecule has 0 aliphatic rings. The van der Waals surface area contributed by atoms with E-state index in [2.05, 4.69) is 21.5 Å². The molecular weight excluding hydrogens is 257 g/mol. The lowest BCUT2D eigenvalue weighted by Crippen LogP contribution is -2.34. The van der Waals surface area contributed by atoms with Gasteiger partial charge in [-0.25, -0.2) is 9.38 Å². The second-order valence-corrected chi connectivity index (χ2v) is 4.77. The lowest BCUT2D eigenvalue weighted by molar-refractivity contribution is 0.121. The van der Waals surface area contributed by atoms with Gasteiger partial charge in [0.15, 0.2) is 11.4 Å². The van der Waals surface area contributed by atoms with Crippen LogP contribution in [0.2, 0.25) is 0 Å². The molecule has 20 heavy (non-hydrogen) atoms. The van der Waals surface area contributed by atoms with Crippen LogP contribution in [-0.4, -0.2) is 28.2 Å². The van der Waals surface area contributed by atoms with E-state index in [4.69, 9.17) is 0 Å². The van der Waals surface area contributed by atoms with Gasteiger partial charge in [0.05, 0.1) is 6.04 Å². The highest BCUT2D eigenvalue weighted by atomic mass is 19.1. The molecule has 0 saturated heterocycles. The molecule has 2 unspecified atom stereocenters. The smallest absolute Gasteiger partial charge is 0.165 e. The summed E-state index contributed by atoms with van der Waals surface area (Å²) in [6, 6.07) is 2.48. The Balaban J connectivity index is 3.33. The van der Waals surface area contributed by atoms with Gasteiger partial charge in [-0.1, -0.05) is 12.2 Å². The van der Waals surface area contributed by atoms with Gasteiger partial charge in [-0.3, -0.25) is 9.98 Å². The Morgan fingerprint density at radius 2 is 2.25 bits per heavy atom. The van der Waals surface area contributed by atoms with Crippen LogP contribution in [0, 0.1) is 5.82 Å². The monoisotopic (exact) mass is 277 g/mol. The standard InChI is InChI=1S/C15H20FN3O/c1-6-17-14(19-11(4)10(2)3)15(5,20)13-12(16)8-7-9-18-13/h6-9,11,20H,2H2,1,3-5H3. The fourth-order valence-corrected chi connectivity index (χ4v) is 1.55. The van der Waals surface area contributed by atoms with Crippen molar-refractivity contribution in [2.45, 2.75) is 39.3 Å². The van der Waals surface area contributed by atoms with Crippen LogP contribution in [0.15, 0.2) is 40.5 Å². The van der Waals surface area contributed by atoms with Crippen LogP contribution in [-0.2, 0) is 5.60 Å². The van der Waals surface area contributed by atoms with E-state index in [0.717, 1.165) is 5.57 Å². The van der Waals surface area contributed by atoms with Crippen LogP contribution in [0.5, 0.6) is 0 Å². The molecule has 1 aromatic rings. The fraction of sp³-hybridized carbons (Fsp3) is 0.400. The number of rotatable bonds is 4. The second-order valence-electron chi connectivity index (χ2n) is 4.77. The molecule has 0 aliphatic carbocycles. The topological polar surface area (TPSA) is 57.8 Å². The van der Waals surface area contributed by atoms with Gasteiger partial charge in [0, 0.05) is 12.4 Å². The van der Waals surface area contributed by atoms with E-state index >= 15 is 0 Å². The molecule has 4 nitrogen and oxygen atoms in total. The highest BCUT2D eigenvalue weighted by molar-refractivity contribution is 5.96. The summed E-state index contributed by atoms with van der Waals surface area (Å²) < 4.78 is 13.8. The molecule has 1 heterocycles. The van der Waals surface area contributed by atoms with Crippen LogP contribution in [0.4, 0.5) is 4.39 Å². The Bertz CT molecular complexity index is 550. The van der Waals surface area contributed by atoms with Gasteiger partial charge in [0.1, 0.15) is 11.5 Å². The number of halogens is 1. The fourth-order valence-electron chi connectivity index (χ4n) is 1.55. The number of hydrogen-bond acceptors (Lipinski definition) is 3. The van der Waals surface area contributed by atoms with Gasteiger partial charge in [-0.05, 0) is 39.8 Å². The van der Waals surface area contributed by atoms with E-state index in [1.165, 1.54) is 31.5 Å².